The minimum absolute atomic E-state index is 0.172. The van der Waals surface area contributed by atoms with Crippen LogP contribution in [0.25, 0.3) is 11.3 Å². The molecule has 3 nitrogen and oxygen atoms in total. The van der Waals surface area contributed by atoms with Crippen LogP contribution in [0.4, 0.5) is 4.39 Å². The molecule has 1 unspecified atom stereocenters. The number of hydrogen-bond acceptors (Lipinski definition) is 2. The number of carbonyl (C=O) groups is 1. The van der Waals surface area contributed by atoms with Gasteiger partial charge in [0, 0.05) is 22.3 Å². The fourth-order valence-electron chi connectivity index (χ4n) is 1.80. The summed E-state index contributed by atoms with van der Waals surface area (Å²) in [7, 11) is 0. The van der Waals surface area contributed by atoms with Crippen molar-refractivity contribution in [1.29, 1.82) is 0 Å². The van der Waals surface area contributed by atoms with Gasteiger partial charge in [0.25, 0.3) is 0 Å². The van der Waals surface area contributed by atoms with E-state index in [0.717, 1.165) is 6.42 Å². The smallest absolute Gasteiger partial charge is 0.153 e. The molecule has 1 aromatic carbocycles. The molecule has 0 radical (unpaired) electrons. The Hall–Kier alpha value is -1.49. The van der Waals surface area contributed by atoms with Gasteiger partial charge < -0.3 is 0 Å². The van der Waals surface area contributed by atoms with Crippen molar-refractivity contribution in [3.63, 3.8) is 0 Å². The standard InChI is InChI=1S/C14H14BrFN2O/c1-3-9(2)18-7-10(8-19)14(17-18)12-5-4-11(15)6-13(12)16/h4-9H,3H2,1-2H3. The second-order valence-electron chi connectivity index (χ2n) is 4.41. The third-order valence-electron chi connectivity index (χ3n) is 3.12. The Morgan fingerprint density at radius 2 is 2.26 bits per heavy atom. The lowest BCUT2D eigenvalue weighted by Gasteiger charge is -2.08. The maximum atomic E-state index is 13.9. The van der Waals surface area contributed by atoms with Gasteiger partial charge in [0.1, 0.15) is 11.5 Å². The van der Waals surface area contributed by atoms with Crippen molar-refractivity contribution in [3.05, 3.63) is 40.2 Å². The van der Waals surface area contributed by atoms with Gasteiger partial charge in [0.2, 0.25) is 0 Å². The van der Waals surface area contributed by atoms with E-state index >= 15 is 0 Å². The average molecular weight is 325 g/mol. The molecule has 19 heavy (non-hydrogen) atoms. The largest absolute Gasteiger partial charge is 0.298 e. The summed E-state index contributed by atoms with van der Waals surface area (Å²) >= 11 is 3.21. The van der Waals surface area contributed by atoms with Crippen LogP contribution in [0.5, 0.6) is 0 Å². The number of aromatic nitrogens is 2. The van der Waals surface area contributed by atoms with E-state index in [0.29, 0.717) is 27.6 Å². The number of rotatable bonds is 4. The van der Waals surface area contributed by atoms with Gasteiger partial charge in [-0.2, -0.15) is 5.10 Å². The first-order valence-corrected chi connectivity index (χ1v) is 6.85. The molecule has 0 saturated carbocycles. The van der Waals surface area contributed by atoms with Crippen LogP contribution in [-0.2, 0) is 0 Å². The minimum atomic E-state index is -0.396. The zero-order valence-corrected chi connectivity index (χ0v) is 12.3. The minimum Gasteiger partial charge on any atom is -0.298 e. The second kappa shape index (κ2) is 5.65. The number of halogens is 2. The van der Waals surface area contributed by atoms with Crippen LogP contribution in [0.2, 0.25) is 0 Å². The molecule has 100 valence electrons. The Morgan fingerprint density at radius 1 is 1.53 bits per heavy atom. The van der Waals surface area contributed by atoms with Gasteiger partial charge in [-0.15, -0.1) is 0 Å². The van der Waals surface area contributed by atoms with Crippen molar-refractivity contribution in [2.75, 3.05) is 0 Å². The Labute approximate surface area is 119 Å². The van der Waals surface area contributed by atoms with Crippen LogP contribution >= 0.6 is 15.9 Å². The van der Waals surface area contributed by atoms with E-state index in [4.69, 9.17) is 0 Å². The summed E-state index contributed by atoms with van der Waals surface area (Å²) in [5.74, 6) is -0.396. The predicted octanol–water partition coefficient (Wildman–Crippen LogP) is 4.24. The Morgan fingerprint density at radius 3 is 2.84 bits per heavy atom. The fourth-order valence-corrected chi connectivity index (χ4v) is 2.13. The molecule has 2 rings (SSSR count). The zero-order chi connectivity index (χ0) is 14.0. The quantitative estimate of drug-likeness (QED) is 0.788. The average Bonchev–Trinajstić information content (AvgIpc) is 2.81. The molecule has 0 amide bonds. The number of carbonyl (C=O) groups excluding carboxylic acids is 1. The van der Waals surface area contributed by atoms with Crippen molar-refractivity contribution in [1.82, 2.24) is 9.78 Å². The van der Waals surface area contributed by atoms with Crippen LogP contribution in [0.1, 0.15) is 36.7 Å². The van der Waals surface area contributed by atoms with E-state index in [-0.39, 0.29) is 6.04 Å². The summed E-state index contributed by atoms with van der Waals surface area (Å²) in [5, 5.41) is 4.34. The van der Waals surface area contributed by atoms with E-state index in [1.807, 2.05) is 13.8 Å². The van der Waals surface area contributed by atoms with E-state index in [1.165, 1.54) is 6.07 Å². The molecular formula is C14H14BrFN2O. The lowest BCUT2D eigenvalue weighted by molar-refractivity contribution is 0.112. The molecule has 0 aliphatic carbocycles. The maximum absolute atomic E-state index is 13.9. The van der Waals surface area contributed by atoms with Crippen LogP contribution in [-0.4, -0.2) is 16.1 Å². The lowest BCUT2D eigenvalue weighted by atomic mass is 10.1. The highest BCUT2D eigenvalue weighted by Crippen LogP contribution is 2.27. The van der Waals surface area contributed by atoms with Gasteiger partial charge in [-0.1, -0.05) is 22.9 Å². The van der Waals surface area contributed by atoms with Crippen LogP contribution in [0, 0.1) is 5.82 Å². The number of aldehydes is 1. The summed E-state index contributed by atoms with van der Waals surface area (Å²) in [5.41, 5.74) is 1.13. The van der Waals surface area contributed by atoms with Crippen LogP contribution < -0.4 is 0 Å². The second-order valence-corrected chi connectivity index (χ2v) is 5.33. The lowest BCUT2D eigenvalue weighted by Crippen LogP contribution is -2.04. The first kappa shape index (κ1) is 13.9. The molecule has 0 N–H and O–H groups in total. The van der Waals surface area contributed by atoms with Crippen molar-refractivity contribution >= 4 is 22.2 Å². The first-order chi connectivity index (χ1) is 9.06. The third kappa shape index (κ3) is 2.76. The van der Waals surface area contributed by atoms with Crippen LogP contribution in [0.3, 0.4) is 0 Å². The summed E-state index contributed by atoms with van der Waals surface area (Å²) in [4.78, 5) is 11.1. The number of hydrogen-bond donors (Lipinski definition) is 0. The molecule has 1 atom stereocenters. The van der Waals surface area contributed by atoms with Crippen molar-refractivity contribution in [2.24, 2.45) is 0 Å². The molecule has 1 heterocycles. The number of nitrogens with zero attached hydrogens (tertiary/aromatic N) is 2. The Bertz CT molecular complexity index is 609. The molecule has 0 spiro atoms. The van der Waals surface area contributed by atoms with Crippen molar-refractivity contribution < 1.29 is 9.18 Å². The SMILES string of the molecule is CCC(C)n1cc(C=O)c(-c2ccc(Br)cc2F)n1. The van der Waals surface area contributed by atoms with E-state index in [1.54, 1.807) is 23.0 Å². The molecule has 0 bridgehead atoms. The molecule has 5 heteroatoms. The molecule has 0 saturated heterocycles. The predicted molar refractivity (Wildman–Crippen MR) is 75.7 cm³/mol. The highest BCUT2D eigenvalue weighted by Gasteiger charge is 2.16. The van der Waals surface area contributed by atoms with E-state index < -0.39 is 5.82 Å². The topological polar surface area (TPSA) is 34.9 Å². The maximum Gasteiger partial charge on any atom is 0.153 e. The number of benzene rings is 1. The summed E-state index contributed by atoms with van der Waals surface area (Å²) < 4.78 is 16.3. The molecular weight excluding hydrogens is 311 g/mol. The molecule has 0 fully saturated rings. The highest BCUT2D eigenvalue weighted by molar-refractivity contribution is 9.10. The normalized spacial score (nSPS) is 12.4. The van der Waals surface area contributed by atoms with Gasteiger partial charge in [-0.05, 0) is 31.5 Å². The van der Waals surface area contributed by atoms with Gasteiger partial charge >= 0.3 is 0 Å². The van der Waals surface area contributed by atoms with E-state index in [2.05, 4.69) is 21.0 Å². The Kier molecular flexibility index (Phi) is 4.14. The van der Waals surface area contributed by atoms with Crippen molar-refractivity contribution in [3.8, 4) is 11.3 Å². The molecule has 0 aliphatic heterocycles. The molecule has 0 aliphatic rings. The van der Waals surface area contributed by atoms with Gasteiger partial charge in [0.15, 0.2) is 6.29 Å². The van der Waals surface area contributed by atoms with Crippen LogP contribution in [0.15, 0.2) is 28.9 Å². The summed E-state index contributed by atoms with van der Waals surface area (Å²) in [6.07, 6.45) is 3.27. The monoisotopic (exact) mass is 324 g/mol. The van der Waals surface area contributed by atoms with Crippen molar-refractivity contribution in [2.45, 2.75) is 26.3 Å². The first-order valence-electron chi connectivity index (χ1n) is 6.06. The summed E-state index contributed by atoms with van der Waals surface area (Å²) in [6.45, 7) is 4.04. The highest BCUT2D eigenvalue weighted by atomic mass is 79.9. The van der Waals surface area contributed by atoms with Gasteiger partial charge in [0.05, 0.1) is 5.56 Å². The Balaban J connectivity index is 2.54. The third-order valence-corrected chi connectivity index (χ3v) is 3.61. The zero-order valence-electron chi connectivity index (χ0n) is 10.7. The fraction of sp³-hybridized carbons (Fsp3) is 0.286. The van der Waals surface area contributed by atoms with Gasteiger partial charge in [-0.25, -0.2) is 4.39 Å². The molecule has 2 aromatic rings. The van der Waals surface area contributed by atoms with Gasteiger partial charge in [-0.3, -0.25) is 9.48 Å². The summed E-state index contributed by atoms with van der Waals surface area (Å²) in [6, 6.07) is 4.89. The molecule has 1 aromatic heterocycles. The van der Waals surface area contributed by atoms with E-state index in [9.17, 15) is 9.18 Å².